The van der Waals surface area contributed by atoms with Crippen molar-refractivity contribution in [2.24, 2.45) is 11.7 Å². The minimum Gasteiger partial charge on any atom is -0.342 e. The molecule has 0 aromatic heterocycles. The van der Waals surface area contributed by atoms with Crippen LogP contribution in [0.5, 0.6) is 0 Å². The van der Waals surface area contributed by atoms with Crippen LogP contribution in [0, 0.1) is 5.92 Å². The fraction of sp³-hybridized carbons (Fsp3) is 0.533. The van der Waals surface area contributed by atoms with Crippen molar-refractivity contribution < 1.29 is 4.79 Å². The average molecular weight is 360 g/mol. The van der Waals surface area contributed by atoms with Gasteiger partial charge in [-0.1, -0.05) is 33.6 Å². The molecule has 1 aliphatic rings. The minimum atomic E-state index is 0.146. The number of halogens is 2. The Kier molecular flexibility index (Phi) is 5.47. The van der Waals surface area contributed by atoms with Crippen molar-refractivity contribution in [1.29, 1.82) is 0 Å². The van der Waals surface area contributed by atoms with Gasteiger partial charge in [-0.3, -0.25) is 4.79 Å². The zero-order valence-corrected chi connectivity index (χ0v) is 14.0. The summed E-state index contributed by atoms with van der Waals surface area (Å²) >= 11 is 9.38. The number of likely N-dealkylation sites (tertiary alicyclic amines) is 1. The third-order valence-corrected chi connectivity index (χ3v) is 4.88. The van der Waals surface area contributed by atoms with Crippen LogP contribution in [0.2, 0.25) is 5.02 Å². The number of hydrogen-bond acceptors (Lipinski definition) is 2. The highest BCUT2D eigenvalue weighted by Gasteiger charge is 2.25. The first-order valence-corrected chi connectivity index (χ1v) is 8.11. The molecule has 1 saturated heterocycles. The lowest BCUT2D eigenvalue weighted by atomic mass is 9.92. The molecule has 1 aromatic rings. The highest BCUT2D eigenvalue weighted by molar-refractivity contribution is 9.10. The maximum absolute atomic E-state index is 12.4. The molecule has 2 N–H and O–H groups in total. The summed E-state index contributed by atoms with van der Waals surface area (Å²) in [6, 6.07) is 5.69. The summed E-state index contributed by atoms with van der Waals surface area (Å²) in [4.78, 5) is 14.3. The lowest BCUT2D eigenvalue weighted by molar-refractivity contribution is -0.132. The second-order valence-electron chi connectivity index (χ2n) is 5.51. The maximum atomic E-state index is 12.4. The first-order valence-electron chi connectivity index (χ1n) is 6.94. The highest BCUT2D eigenvalue weighted by atomic mass is 79.9. The lowest BCUT2D eigenvalue weighted by Gasteiger charge is -2.34. The monoisotopic (exact) mass is 358 g/mol. The van der Waals surface area contributed by atoms with Crippen LogP contribution in [0.15, 0.2) is 22.7 Å². The van der Waals surface area contributed by atoms with E-state index >= 15 is 0 Å². The molecule has 1 aromatic carbocycles. The number of benzene rings is 1. The van der Waals surface area contributed by atoms with Gasteiger partial charge in [-0.2, -0.15) is 0 Å². The van der Waals surface area contributed by atoms with E-state index in [0.717, 1.165) is 36.0 Å². The molecule has 0 unspecified atom stereocenters. The molecule has 0 aliphatic carbocycles. The van der Waals surface area contributed by atoms with Gasteiger partial charge in [0.05, 0.1) is 6.42 Å². The van der Waals surface area contributed by atoms with Gasteiger partial charge >= 0.3 is 0 Å². The summed E-state index contributed by atoms with van der Waals surface area (Å²) in [7, 11) is 0. The number of amides is 1. The molecule has 5 heteroatoms. The van der Waals surface area contributed by atoms with Crippen molar-refractivity contribution in [3.63, 3.8) is 0 Å². The topological polar surface area (TPSA) is 46.3 Å². The number of piperidine rings is 1. The Balaban J connectivity index is 2.00. The van der Waals surface area contributed by atoms with Crippen molar-refractivity contribution in [1.82, 2.24) is 4.90 Å². The molecule has 0 spiro atoms. The van der Waals surface area contributed by atoms with Crippen molar-refractivity contribution >= 4 is 33.4 Å². The summed E-state index contributed by atoms with van der Waals surface area (Å²) in [5.41, 5.74) is 6.94. The Labute approximate surface area is 133 Å². The maximum Gasteiger partial charge on any atom is 0.227 e. The Morgan fingerprint density at radius 3 is 3.00 bits per heavy atom. The molecule has 0 bridgehead atoms. The van der Waals surface area contributed by atoms with Crippen molar-refractivity contribution in [2.45, 2.75) is 32.2 Å². The van der Waals surface area contributed by atoms with Crippen LogP contribution in [0.3, 0.4) is 0 Å². The third kappa shape index (κ3) is 3.96. The molecule has 0 radical (unpaired) electrons. The van der Waals surface area contributed by atoms with Gasteiger partial charge < -0.3 is 10.6 Å². The van der Waals surface area contributed by atoms with Gasteiger partial charge in [0.15, 0.2) is 0 Å². The molecule has 1 amide bonds. The summed E-state index contributed by atoms with van der Waals surface area (Å²) in [6.07, 6.45) is 2.56. The zero-order valence-electron chi connectivity index (χ0n) is 11.6. The van der Waals surface area contributed by atoms with Crippen LogP contribution in [0.1, 0.15) is 25.3 Å². The standard InChI is InChI=1S/C15H20BrClN2O/c1-10(18)12-3-2-6-19(9-12)15(20)7-11-4-5-13(17)8-14(11)16/h4-5,8,10,12H,2-3,6-7,9,18H2,1H3/t10-,12+/m0/s1. The predicted molar refractivity (Wildman–Crippen MR) is 85.8 cm³/mol. The third-order valence-electron chi connectivity index (χ3n) is 3.91. The van der Waals surface area contributed by atoms with Gasteiger partial charge in [-0.25, -0.2) is 0 Å². The van der Waals surface area contributed by atoms with E-state index in [1.54, 1.807) is 0 Å². The van der Waals surface area contributed by atoms with E-state index in [0.29, 0.717) is 17.4 Å². The predicted octanol–water partition coefficient (Wildman–Crippen LogP) is 3.23. The van der Waals surface area contributed by atoms with Crippen molar-refractivity contribution in [2.75, 3.05) is 13.1 Å². The van der Waals surface area contributed by atoms with E-state index < -0.39 is 0 Å². The molecule has 0 saturated carbocycles. The van der Waals surface area contributed by atoms with Gasteiger partial charge in [0.1, 0.15) is 0 Å². The van der Waals surface area contributed by atoms with E-state index in [-0.39, 0.29) is 11.9 Å². The number of carbonyl (C=O) groups is 1. The fourth-order valence-corrected chi connectivity index (χ4v) is 3.43. The van der Waals surface area contributed by atoms with E-state index in [4.69, 9.17) is 17.3 Å². The van der Waals surface area contributed by atoms with Crippen LogP contribution < -0.4 is 5.73 Å². The van der Waals surface area contributed by atoms with Crippen molar-refractivity contribution in [3.05, 3.63) is 33.3 Å². The quantitative estimate of drug-likeness (QED) is 0.900. The van der Waals surface area contributed by atoms with Gasteiger partial charge in [-0.05, 0) is 43.4 Å². The van der Waals surface area contributed by atoms with Gasteiger partial charge in [-0.15, -0.1) is 0 Å². The summed E-state index contributed by atoms with van der Waals surface area (Å²) in [6.45, 7) is 3.64. The number of rotatable bonds is 3. The summed E-state index contributed by atoms with van der Waals surface area (Å²) in [5, 5.41) is 0.670. The van der Waals surface area contributed by atoms with Crippen LogP contribution in [-0.2, 0) is 11.2 Å². The van der Waals surface area contributed by atoms with Crippen LogP contribution >= 0.6 is 27.5 Å². The van der Waals surface area contributed by atoms with E-state index in [9.17, 15) is 4.79 Å². The smallest absolute Gasteiger partial charge is 0.227 e. The SMILES string of the molecule is C[C@H](N)[C@@H]1CCCN(C(=O)Cc2ccc(Cl)cc2Br)C1. The zero-order chi connectivity index (χ0) is 14.7. The van der Waals surface area contributed by atoms with Crippen LogP contribution in [0.25, 0.3) is 0 Å². The Morgan fingerprint density at radius 1 is 1.60 bits per heavy atom. The minimum absolute atomic E-state index is 0.146. The number of hydrogen-bond donors (Lipinski definition) is 1. The summed E-state index contributed by atoms with van der Waals surface area (Å²) in [5.74, 6) is 0.583. The molecule has 1 fully saturated rings. The van der Waals surface area contributed by atoms with Gasteiger partial charge in [0.25, 0.3) is 0 Å². The Hall–Kier alpha value is -0.580. The first kappa shape index (κ1) is 15.8. The Morgan fingerprint density at radius 2 is 2.35 bits per heavy atom. The van der Waals surface area contributed by atoms with Crippen LogP contribution in [-0.4, -0.2) is 29.9 Å². The molecule has 1 aliphatic heterocycles. The largest absolute Gasteiger partial charge is 0.342 e. The second-order valence-corrected chi connectivity index (χ2v) is 6.80. The number of nitrogens with two attached hydrogens (primary N) is 1. The average Bonchev–Trinajstić information content (AvgIpc) is 2.42. The fourth-order valence-electron chi connectivity index (χ4n) is 2.61. The normalized spacial score (nSPS) is 20.8. The van der Waals surface area contributed by atoms with E-state index in [1.165, 1.54) is 0 Å². The number of carbonyl (C=O) groups excluding carboxylic acids is 1. The second kappa shape index (κ2) is 6.92. The van der Waals surface area contributed by atoms with Crippen LogP contribution in [0.4, 0.5) is 0 Å². The molecular formula is C15H20BrClN2O. The molecule has 2 atom stereocenters. The van der Waals surface area contributed by atoms with Crippen molar-refractivity contribution in [3.8, 4) is 0 Å². The molecule has 3 nitrogen and oxygen atoms in total. The van der Waals surface area contributed by atoms with E-state index in [1.807, 2.05) is 30.0 Å². The summed E-state index contributed by atoms with van der Waals surface area (Å²) < 4.78 is 0.888. The molecule has 1 heterocycles. The highest BCUT2D eigenvalue weighted by Crippen LogP contribution is 2.24. The molecule has 2 rings (SSSR count). The number of nitrogens with zero attached hydrogens (tertiary/aromatic N) is 1. The Bertz CT molecular complexity index is 493. The van der Waals surface area contributed by atoms with Gasteiger partial charge in [0.2, 0.25) is 5.91 Å². The van der Waals surface area contributed by atoms with Gasteiger partial charge in [0, 0.05) is 28.6 Å². The lowest BCUT2D eigenvalue weighted by Crippen LogP contribution is -2.45. The molecule has 20 heavy (non-hydrogen) atoms. The van der Waals surface area contributed by atoms with E-state index in [2.05, 4.69) is 15.9 Å². The first-order chi connectivity index (χ1) is 9.47. The molecular weight excluding hydrogens is 340 g/mol. The molecule has 110 valence electrons.